The molecule has 0 heterocycles. The molecule has 0 aliphatic carbocycles. The van der Waals surface area contributed by atoms with Crippen molar-refractivity contribution in [3.05, 3.63) is 89.7 Å². The van der Waals surface area contributed by atoms with Gasteiger partial charge in [0.15, 0.2) is 0 Å². The predicted molar refractivity (Wildman–Crippen MR) is 158 cm³/mol. The van der Waals surface area contributed by atoms with Crippen LogP contribution in [0.25, 0.3) is 0 Å². The molecule has 3 aromatic rings. The minimum absolute atomic E-state index is 0.00538. The van der Waals surface area contributed by atoms with Gasteiger partial charge in [-0.25, -0.2) is 12.8 Å². The van der Waals surface area contributed by atoms with Crippen LogP contribution in [0, 0.1) is 12.7 Å². The van der Waals surface area contributed by atoms with Crippen LogP contribution >= 0.6 is 0 Å². The molecule has 0 spiro atoms. The number of hydrogen-bond acceptors (Lipinski definition) is 5. The molecule has 8 nitrogen and oxygen atoms in total. The topological polar surface area (TPSA) is 96.0 Å². The summed E-state index contributed by atoms with van der Waals surface area (Å²) in [5.41, 5.74) is 1.09. The molecule has 0 aliphatic rings. The second-order valence-electron chi connectivity index (χ2n) is 10.8. The first kappa shape index (κ1) is 31.6. The van der Waals surface area contributed by atoms with E-state index in [1.54, 1.807) is 50.2 Å². The fourth-order valence-electron chi connectivity index (χ4n) is 4.13. The van der Waals surface area contributed by atoms with Crippen molar-refractivity contribution in [3.63, 3.8) is 0 Å². The van der Waals surface area contributed by atoms with Gasteiger partial charge in [0.25, 0.3) is 10.0 Å². The SMILES string of the molecule is CCOc1ccccc1N(CC(=O)N(Cc1ccc(F)cc1)[C@@H](C)C(=O)NC(C)(C)C)S(=O)(=O)c1ccc(C)cc1. The van der Waals surface area contributed by atoms with E-state index in [2.05, 4.69) is 5.32 Å². The summed E-state index contributed by atoms with van der Waals surface area (Å²) in [6.07, 6.45) is 0. The van der Waals surface area contributed by atoms with Crippen molar-refractivity contribution < 1.29 is 27.1 Å². The monoisotopic (exact) mass is 583 g/mol. The molecule has 0 fully saturated rings. The van der Waals surface area contributed by atoms with Crippen LogP contribution in [0.1, 0.15) is 45.7 Å². The number of sulfonamides is 1. The average Bonchev–Trinajstić information content (AvgIpc) is 2.91. The number of nitrogens with one attached hydrogen (secondary N) is 1. The van der Waals surface area contributed by atoms with Gasteiger partial charge in [0, 0.05) is 12.1 Å². The second-order valence-corrected chi connectivity index (χ2v) is 12.7. The molecule has 3 rings (SSSR count). The van der Waals surface area contributed by atoms with Crippen molar-refractivity contribution in [1.29, 1.82) is 0 Å². The van der Waals surface area contributed by atoms with Crippen molar-refractivity contribution in [1.82, 2.24) is 10.2 Å². The number of benzene rings is 3. The molecule has 2 amide bonds. The number of anilines is 1. The highest BCUT2D eigenvalue weighted by Crippen LogP contribution is 2.33. The van der Waals surface area contributed by atoms with E-state index < -0.39 is 45.8 Å². The highest BCUT2D eigenvalue weighted by molar-refractivity contribution is 7.92. The summed E-state index contributed by atoms with van der Waals surface area (Å²) in [5.74, 6) is -1.17. The Morgan fingerprint density at radius 1 is 0.976 bits per heavy atom. The number of para-hydroxylation sites is 2. The molecule has 1 atom stereocenters. The van der Waals surface area contributed by atoms with Crippen LogP contribution in [0.2, 0.25) is 0 Å². The summed E-state index contributed by atoms with van der Waals surface area (Å²) in [7, 11) is -4.24. The average molecular weight is 584 g/mol. The summed E-state index contributed by atoms with van der Waals surface area (Å²) in [6, 6.07) is 17.5. The molecular formula is C31H38FN3O5S. The summed E-state index contributed by atoms with van der Waals surface area (Å²) >= 11 is 0. The van der Waals surface area contributed by atoms with Gasteiger partial charge in [-0.05, 0) is 83.5 Å². The van der Waals surface area contributed by atoms with Gasteiger partial charge < -0.3 is 15.0 Å². The fourth-order valence-corrected chi connectivity index (χ4v) is 5.56. The summed E-state index contributed by atoms with van der Waals surface area (Å²) in [5, 5.41) is 2.88. The highest BCUT2D eigenvalue weighted by atomic mass is 32.2. The fraction of sp³-hybridized carbons (Fsp3) is 0.355. The summed E-state index contributed by atoms with van der Waals surface area (Å²) < 4.78 is 48.4. The first-order chi connectivity index (χ1) is 19.2. The van der Waals surface area contributed by atoms with Crippen LogP contribution in [-0.2, 0) is 26.2 Å². The largest absolute Gasteiger partial charge is 0.492 e. The minimum Gasteiger partial charge on any atom is -0.492 e. The molecule has 0 radical (unpaired) electrons. The molecule has 1 N–H and O–H groups in total. The van der Waals surface area contributed by atoms with E-state index in [-0.39, 0.29) is 23.7 Å². The third kappa shape index (κ3) is 8.29. The molecule has 10 heteroatoms. The standard InChI is InChI=1S/C31H38FN3O5S/c1-7-40-28-11-9-8-10-27(28)35(41(38,39)26-18-12-22(2)13-19-26)21-29(36)34(20-24-14-16-25(32)17-15-24)23(3)30(37)33-31(4,5)6/h8-19,23H,7,20-21H2,1-6H3,(H,33,37)/t23-/m0/s1. The molecule has 0 unspecified atom stereocenters. The maximum atomic E-state index is 14.0. The van der Waals surface area contributed by atoms with E-state index in [9.17, 15) is 22.4 Å². The Morgan fingerprint density at radius 3 is 2.17 bits per heavy atom. The van der Waals surface area contributed by atoms with Crippen molar-refractivity contribution in [2.45, 2.75) is 64.6 Å². The lowest BCUT2D eigenvalue weighted by atomic mass is 10.1. The Balaban J connectivity index is 2.08. The number of rotatable bonds is 11. The molecule has 0 aromatic heterocycles. The zero-order chi connectivity index (χ0) is 30.4. The quantitative estimate of drug-likeness (QED) is 0.341. The number of carbonyl (C=O) groups is 2. The maximum absolute atomic E-state index is 14.0. The first-order valence-electron chi connectivity index (χ1n) is 13.4. The zero-order valence-electron chi connectivity index (χ0n) is 24.3. The Kier molecular flexibility index (Phi) is 10.1. The lowest BCUT2D eigenvalue weighted by molar-refractivity contribution is -0.140. The van der Waals surface area contributed by atoms with E-state index in [1.807, 2.05) is 27.7 Å². The van der Waals surface area contributed by atoms with Crippen LogP contribution in [0.5, 0.6) is 5.75 Å². The number of aryl methyl sites for hydroxylation is 1. The molecule has 41 heavy (non-hydrogen) atoms. The van der Waals surface area contributed by atoms with Crippen molar-refractivity contribution in [3.8, 4) is 5.75 Å². The predicted octanol–water partition coefficient (Wildman–Crippen LogP) is 5.06. The number of halogens is 1. The molecule has 3 aromatic carbocycles. The molecular weight excluding hydrogens is 545 g/mol. The molecule has 0 saturated carbocycles. The Hall–Kier alpha value is -3.92. The van der Waals surface area contributed by atoms with E-state index in [0.717, 1.165) is 9.87 Å². The van der Waals surface area contributed by atoms with Gasteiger partial charge in [-0.3, -0.25) is 13.9 Å². The zero-order valence-corrected chi connectivity index (χ0v) is 25.2. The van der Waals surface area contributed by atoms with E-state index in [4.69, 9.17) is 4.74 Å². The van der Waals surface area contributed by atoms with Gasteiger partial charge in [-0.1, -0.05) is 42.0 Å². The van der Waals surface area contributed by atoms with Crippen LogP contribution < -0.4 is 14.4 Å². The second kappa shape index (κ2) is 13.2. The van der Waals surface area contributed by atoms with Gasteiger partial charge in [-0.2, -0.15) is 0 Å². The smallest absolute Gasteiger partial charge is 0.264 e. The Bertz CT molecular complexity index is 1450. The van der Waals surface area contributed by atoms with Crippen molar-refractivity contribution >= 4 is 27.5 Å². The molecule has 0 saturated heterocycles. The van der Waals surface area contributed by atoms with Crippen molar-refractivity contribution in [2.75, 3.05) is 17.5 Å². The van der Waals surface area contributed by atoms with E-state index in [1.165, 1.54) is 41.3 Å². The van der Waals surface area contributed by atoms with E-state index in [0.29, 0.717) is 11.3 Å². The number of amides is 2. The lowest BCUT2D eigenvalue weighted by Gasteiger charge is -2.33. The van der Waals surface area contributed by atoms with Crippen LogP contribution in [0.3, 0.4) is 0 Å². The summed E-state index contributed by atoms with van der Waals surface area (Å²) in [4.78, 5) is 28.5. The number of nitrogens with zero attached hydrogens (tertiary/aromatic N) is 2. The van der Waals surface area contributed by atoms with Gasteiger partial charge in [0.2, 0.25) is 11.8 Å². The molecule has 0 bridgehead atoms. The summed E-state index contributed by atoms with van der Waals surface area (Å²) in [6.45, 7) is 10.3. The Labute approximate surface area is 242 Å². The minimum atomic E-state index is -4.24. The molecule has 220 valence electrons. The number of ether oxygens (including phenoxy) is 1. The van der Waals surface area contributed by atoms with Gasteiger partial charge in [0.05, 0.1) is 17.2 Å². The third-order valence-electron chi connectivity index (χ3n) is 6.25. The lowest BCUT2D eigenvalue weighted by Crippen LogP contribution is -2.54. The highest BCUT2D eigenvalue weighted by Gasteiger charge is 2.34. The van der Waals surface area contributed by atoms with Crippen LogP contribution in [-0.4, -0.2) is 49.9 Å². The normalized spacial score (nSPS) is 12.4. The van der Waals surface area contributed by atoms with Crippen LogP contribution in [0.15, 0.2) is 77.7 Å². The van der Waals surface area contributed by atoms with E-state index >= 15 is 0 Å². The Morgan fingerprint density at radius 2 is 1.59 bits per heavy atom. The number of carbonyl (C=O) groups excluding carboxylic acids is 2. The maximum Gasteiger partial charge on any atom is 0.264 e. The van der Waals surface area contributed by atoms with Gasteiger partial charge in [-0.15, -0.1) is 0 Å². The van der Waals surface area contributed by atoms with Gasteiger partial charge in [0.1, 0.15) is 24.2 Å². The van der Waals surface area contributed by atoms with Crippen molar-refractivity contribution in [2.24, 2.45) is 0 Å². The molecule has 0 aliphatic heterocycles. The third-order valence-corrected chi connectivity index (χ3v) is 8.03. The van der Waals surface area contributed by atoms with Gasteiger partial charge >= 0.3 is 0 Å². The first-order valence-corrected chi connectivity index (χ1v) is 14.8. The number of hydrogen-bond donors (Lipinski definition) is 1. The van der Waals surface area contributed by atoms with Crippen LogP contribution in [0.4, 0.5) is 10.1 Å².